The molecule has 0 unspecified atom stereocenters. The van der Waals surface area contributed by atoms with Crippen molar-refractivity contribution in [1.82, 2.24) is 14.9 Å². The van der Waals surface area contributed by atoms with Gasteiger partial charge in [0.1, 0.15) is 0 Å². The van der Waals surface area contributed by atoms with Crippen LogP contribution < -0.4 is 4.90 Å². The van der Waals surface area contributed by atoms with E-state index in [0.717, 1.165) is 12.1 Å². The molecule has 0 radical (unpaired) electrons. The number of nitrogens with zero attached hydrogens (tertiary/aromatic N) is 4. The van der Waals surface area contributed by atoms with E-state index in [4.69, 9.17) is 0 Å². The Morgan fingerprint density at radius 2 is 1.88 bits per heavy atom. The van der Waals surface area contributed by atoms with Gasteiger partial charge in [-0.15, -0.1) is 0 Å². The van der Waals surface area contributed by atoms with Gasteiger partial charge in [0.2, 0.25) is 5.91 Å². The monoisotopic (exact) mass is 322 g/mol. The van der Waals surface area contributed by atoms with Crippen molar-refractivity contribution in [3.63, 3.8) is 0 Å². The van der Waals surface area contributed by atoms with Gasteiger partial charge >= 0.3 is 0 Å². The third-order valence-electron chi connectivity index (χ3n) is 4.91. The summed E-state index contributed by atoms with van der Waals surface area (Å²) in [6.07, 6.45) is 7.99. The third-order valence-corrected chi connectivity index (χ3v) is 4.91. The van der Waals surface area contributed by atoms with Crippen LogP contribution in [-0.2, 0) is 4.79 Å². The minimum absolute atomic E-state index is 0.00717. The first kappa shape index (κ1) is 14.8. The lowest BCUT2D eigenvalue weighted by Gasteiger charge is -2.24. The lowest BCUT2D eigenvalue weighted by Crippen LogP contribution is -2.34. The van der Waals surface area contributed by atoms with Crippen LogP contribution in [-0.4, -0.2) is 46.3 Å². The second-order valence-electron chi connectivity index (χ2n) is 6.59. The van der Waals surface area contributed by atoms with Gasteiger partial charge in [-0.05, 0) is 30.7 Å². The molecule has 2 amide bonds. The van der Waals surface area contributed by atoms with Crippen LogP contribution in [0.2, 0.25) is 0 Å². The summed E-state index contributed by atoms with van der Waals surface area (Å²) < 4.78 is 0. The second-order valence-corrected chi connectivity index (χ2v) is 6.59. The fraction of sp³-hybridized carbons (Fsp3) is 0.333. The maximum Gasteiger partial charge on any atom is 0.255 e. The molecule has 2 aliphatic heterocycles. The Balaban J connectivity index is 1.50. The van der Waals surface area contributed by atoms with Crippen LogP contribution in [0.3, 0.4) is 0 Å². The average Bonchev–Trinajstić information content (AvgIpc) is 3.19. The van der Waals surface area contributed by atoms with Gasteiger partial charge in [0.25, 0.3) is 5.91 Å². The molecule has 2 aromatic rings. The molecule has 122 valence electrons. The average molecular weight is 322 g/mol. The van der Waals surface area contributed by atoms with Crippen LogP contribution in [0.4, 0.5) is 5.69 Å². The standard InChI is InChI=1S/C18H18N4O2/c23-16-9-18(13-22(16)15-4-2-7-20-11-15)5-8-21(12-18)17(24)14-3-1-6-19-10-14/h1-4,6-7,10-11H,5,8-9,12-13H2/t18-/m1/s1. The van der Waals surface area contributed by atoms with Gasteiger partial charge in [0.15, 0.2) is 0 Å². The minimum Gasteiger partial charge on any atom is -0.338 e. The number of anilines is 1. The summed E-state index contributed by atoms with van der Waals surface area (Å²) in [6, 6.07) is 7.28. The molecule has 0 N–H and O–H groups in total. The molecule has 6 heteroatoms. The van der Waals surface area contributed by atoms with E-state index in [-0.39, 0.29) is 17.2 Å². The highest BCUT2D eigenvalue weighted by Gasteiger charge is 2.48. The number of carbonyl (C=O) groups is 2. The number of hydrogen-bond acceptors (Lipinski definition) is 4. The molecule has 6 nitrogen and oxygen atoms in total. The zero-order valence-electron chi connectivity index (χ0n) is 13.3. The number of amides is 2. The molecule has 0 aliphatic carbocycles. The molecule has 0 aromatic carbocycles. The predicted molar refractivity (Wildman–Crippen MR) is 88.4 cm³/mol. The smallest absolute Gasteiger partial charge is 0.255 e. The van der Waals surface area contributed by atoms with E-state index in [1.165, 1.54) is 0 Å². The third kappa shape index (κ3) is 2.54. The van der Waals surface area contributed by atoms with E-state index in [1.807, 2.05) is 17.0 Å². The topological polar surface area (TPSA) is 66.4 Å². The lowest BCUT2D eigenvalue weighted by atomic mass is 9.86. The zero-order valence-corrected chi connectivity index (χ0v) is 13.3. The molecule has 2 aliphatic rings. The van der Waals surface area contributed by atoms with Gasteiger partial charge in [0, 0.05) is 50.1 Å². The SMILES string of the molecule is O=C(c1cccnc1)N1CC[C@@]2(CC(=O)N(c3cccnc3)C2)C1. The fourth-order valence-corrected chi connectivity index (χ4v) is 3.70. The molecular formula is C18H18N4O2. The highest BCUT2D eigenvalue weighted by molar-refractivity contribution is 5.97. The van der Waals surface area contributed by atoms with Crippen LogP contribution in [0.25, 0.3) is 0 Å². The van der Waals surface area contributed by atoms with Gasteiger partial charge in [-0.1, -0.05) is 0 Å². The number of carbonyl (C=O) groups excluding carboxylic acids is 2. The Morgan fingerprint density at radius 1 is 1.08 bits per heavy atom. The van der Waals surface area contributed by atoms with E-state index in [9.17, 15) is 9.59 Å². The molecule has 1 spiro atoms. The lowest BCUT2D eigenvalue weighted by molar-refractivity contribution is -0.117. The molecule has 4 heterocycles. The Bertz CT molecular complexity index is 765. The van der Waals surface area contributed by atoms with Crippen molar-refractivity contribution in [3.8, 4) is 0 Å². The first-order valence-electron chi connectivity index (χ1n) is 8.07. The second kappa shape index (κ2) is 5.70. The summed E-state index contributed by atoms with van der Waals surface area (Å²) in [5.41, 5.74) is 1.28. The van der Waals surface area contributed by atoms with Gasteiger partial charge in [-0.25, -0.2) is 0 Å². The van der Waals surface area contributed by atoms with Crippen LogP contribution >= 0.6 is 0 Å². The van der Waals surface area contributed by atoms with E-state index in [0.29, 0.717) is 31.6 Å². The van der Waals surface area contributed by atoms with Gasteiger partial charge in [-0.3, -0.25) is 19.6 Å². The highest BCUT2D eigenvalue weighted by atomic mass is 16.2. The van der Waals surface area contributed by atoms with Gasteiger partial charge in [-0.2, -0.15) is 0 Å². The van der Waals surface area contributed by atoms with Crippen molar-refractivity contribution in [2.24, 2.45) is 5.41 Å². The number of pyridine rings is 2. The normalized spacial score (nSPS) is 23.2. The summed E-state index contributed by atoms with van der Waals surface area (Å²) >= 11 is 0. The molecule has 2 saturated heterocycles. The van der Waals surface area contributed by atoms with Gasteiger partial charge in [0.05, 0.1) is 17.4 Å². The molecule has 0 bridgehead atoms. The number of rotatable bonds is 2. The van der Waals surface area contributed by atoms with E-state index < -0.39 is 0 Å². The molecule has 1 atom stereocenters. The highest BCUT2D eigenvalue weighted by Crippen LogP contribution is 2.41. The van der Waals surface area contributed by atoms with Crippen molar-refractivity contribution in [2.45, 2.75) is 12.8 Å². The van der Waals surface area contributed by atoms with Crippen molar-refractivity contribution < 1.29 is 9.59 Å². The molecule has 4 rings (SSSR count). The summed E-state index contributed by atoms with van der Waals surface area (Å²) in [4.78, 5) is 36.8. The molecule has 2 fully saturated rings. The Morgan fingerprint density at radius 3 is 2.58 bits per heavy atom. The largest absolute Gasteiger partial charge is 0.338 e. The van der Waals surface area contributed by atoms with Crippen LogP contribution in [0, 0.1) is 5.41 Å². The number of aromatic nitrogens is 2. The summed E-state index contributed by atoms with van der Waals surface area (Å²) in [6.45, 7) is 1.94. The van der Waals surface area contributed by atoms with Crippen LogP contribution in [0.5, 0.6) is 0 Å². The van der Waals surface area contributed by atoms with Gasteiger partial charge < -0.3 is 9.80 Å². The predicted octanol–water partition coefficient (Wildman–Crippen LogP) is 1.75. The maximum atomic E-state index is 12.6. The molecular weight excluding hydrogens is 304 g/mol. The molecule has 0 saturated carbocycles. The van der Waals surface area contributed by atoms with E-state index in [1.54, 1.807) is 41.8 Å². The minimum atomic E-state index is -0.148. The number of likely N-dealkylation sites (tertiary alicyclic amines) is 1. The number of hydrogen-bond donors (Lipinski definition) is 0. The Hall–Kier alpha value is -2.76. The fourth-order valence-electron chi connectivity index (χ4n) is 3.70. The summed E-state index contributed by atoms with van der Waals surface area (Å²) in [5.74, 6) is 0.103. The van der Waals surface area contributed by atoms with Crippen molar-refractivity contribution in [3.05, 3.63) is 54.6 Å². The van der Waals surface area contributed by atoms with E-state index in [2.05, 4.69) is 9.97 Å². The van der Waals surface area contributed by atoms with Crippen LogP contribution in [0.1, 0.15) is 23.2 Å². The molecule has 2 aromatic heterocycles. The summed E-state index contributed by atoms with van der Waals surface area (Å²) in [7, 11) is 0. The summed E-state index contributed by atoms with van der Waals surface area (Å²) in [5, 5.41) is 0. The van der Waals surface area contributed by atoms with Crippen LogP contribution in [0.15, 0.2) is 49.1 Å². The van der Waals surface area contributed by atoms with E-state index >= 15 is 0 Å². The van der Waals surface area contributed by atoms with Crippen molar-refractivity contribution in [1.29, 1.82) is 0 Å². The molecule has 24 heavy (non-hydrogen) atoms. The Labute approximate surface area is 140 Å². The first-order valence-corrected chi connectivity index (χ1v) is 8.07. The van der Waals surface area contributed by atoms with Crippen molar-refractivity contribution >= 4 is 17.5 Å². The first-order chi connectivity index (χ1) is 11.7. The maximum absolute atomic E-state index is 12.6. The quantitative estimate of drug-likeness (QED) is 0.845. The van der Waals surface area contributed by atoms with Crippen molar-refractivity contribution in [2.75, 3.05) is 24.5 Å². The zero-order chi connectivity index (χ0) is 16.6. The Kier molecular flexibility index (Phi) is 3.52.